The molecule has 0 aromatic carbocycles. The Morgan fingerprint density at radius 2 is 2.19 bits per heavy atom. The third-order valence-electron chi connectivity index (χ3n) is 2.78. The Hall–Kier alpha value is -1.84. The Morgan fingerprint density at radius 3 is 2.86 bits per heavy atom. The van der Waals surface area contributed by atoms with Gasteiger partial charge in [0.1, 0.15) is 6.61 Å². The molecule has 0 spiro atoms. The lowest BCUT2D eigenvalue weighted by atomic mass is 10.2. The number of amides is 2. The molecule has 0 saturated carbocycles. The third kappa shape index (κ3) is 6.43. The fourth-order valence-electron chi connectivity index (χ4n) is 1.48. The fourth-order valence-corrected chi connectivity index (χ4v) is 2.28. The molecule has 0 bridgehead atoms. The summed E-state index contributed by atoms with van der Waals surface area (Å²) in [6, 6.07) is 3.57. The maximum Gasteiger partial charge on any atom is 0.261 e. The van der Waals surface area contributed by atoms with E-state index in [1.54, 1.807) is 12.1 Å². The summed E-state index contributed by atoms with van der Waals surface area (Å²) in [4.78, 5) is 24.7. The highest BCUT2D eigenvalue weighted by molar-refractivity contribution is 7.14. The van der Waals surface area contributed by atoms with Crippen molar-refractivity contribution in [1.82, 2.24) is 10.6 Å². The highest BCUT2D eigenvalue weighted by Crippen LogP contribution is 2.15. The maximum absolute atomic E-state index is 11.9. The smallest absolute Gasteiger partial charge is 0.261 e. The van der Waals surface area contributed by atoms with Gasteiger partial charge < -0.3 is 15.7 Å². The van der Waals surface area contributed by atoms with Gasteiger partial charge in [-0.3, -0.25) is 9.59 Å². The molecule has 1 unspecified atom stereocenters. The molecule has 21 heavy (non-hydrogen) atoms. The number of hydrogen-bond acceptors (Lipinski definition) is 4. The molecule has 0 aliphatic heterocycles. The average Bonchev–Trinajstić information content (AvgIpc) is 2.93. The second kappa shape index (κ2) is 9.16. The van der Waals surface area contributed by atoms with Gasteiger partial charge in [0.05, 0.1) is 9.75 Å². The van der Waals surface area contributed by atoms with Crippen LogP contribution in [0.5, 0.6) is 0 Å². The number of carbonyl (C=O) groups is 2. The molecule has 3 N–H and O–H groups in total. The van der Waals surface area contributed by atoms with E-state index in [9.17, 15) is 9.59 Å². The summed E-state index contributed by atoms with van der Waals surface area (Å²) in [7, 11) is 0. The molecule has 1 rings (SSSR count). The van der Waals surface area contributed by atoms with Gasteiger partial charge in [-0.1, -0.05) is 18.8 Å². The van der Waals surface area contributed by atoms with Crippen molar-refractivity contribution in [2.75, 3.05) is 13.2 Å². The first-order valence-electron chi connectivity index (χ1n) is 6.84. The molecule has 5 nitrogen and oxygen atoms in total. The van der Waals surface area contributed by atoms with Crippen LogP contribution in [0.2, 0.25) is 0 Å². The lowest BCUT2D eigenvalue weighted by molar-refractivity contribution is -0.121. The van der Waals surface area contributed by atoms with E-state index in [-0.39, 0.29) is 30.9 Å². The van der Waals surface area contributed by atoms with Gasteiger partial charge in [-0.15, -0.1) is 11.3 Å². The molecular formula is C15H20N2O3S. The SMILES string of the molecule is CCC(C)NC(=O)CCNC(=O)c1ccc(C#CCO)s1. The minimum absolute atomic E-state index is 0.0645. The Morgan fingerprint density at radius 1 is 1.43 bits per heavy atom. The number of aliphatic hydroxyl groups excluding tert-OH is 1. The maximum atomic E-state index is 11.9. The van der Waals surface area contributed by atoms with E-state index in [0.29, 0.717) is 11.4 Å². The van der Waals surface area contributed by atoms with Crippen molar-refractivity contribution in [1.29, 1.82) is 0 Å². The van der Waals surface area contributed by atoms with Crippen LogP contribution in [-0.4, -0.2) is 36.1 Å². The molecule has 6 heteroatoms. The van der Waals surface area contributed by atoms with Gasteiger partial charge in [-0.05, 0) is 25.5 Å². The van der Waals surface area contributed by atoms with Crippen molar-refractivity contribution in [2.24, 2.45) is 0 Å². The first-order valence-corrected chi connectivity index (χ1v) is 7.65. The Bertz CT molecular complexity index is 543. The molecule has 0 aliphatic carbocycles. The van der Waals surface area contributed by atoms with Gasteiger partial charge in [0.25, 0.3) is 5.91 Å². The van der Waals surface area contributed by atoms with Crippen molar-refractivity contribution in [2.45, 2.75) is 32.7 Å². The van der Waals surface area contributed by atoms with Crippen molar-refractivity contribution in [3.05, 3.63) is 21.9 Å². The second-order valence-electron chi connectivity index (χ2n) is 4.51. The molecule has 0 saturated heterocycles. The minimum atomic E-state index is -0.214. The molecule has 1 heterocycles. The van der Waals surface area contributed by atoms with E-state index in [0.717, 1.165) is 11.3 Å². The number of rotatable bonds is 6. The van der Waals surface area contributed by atoms with Crippen LogP contribution in [0.25, 0.3) is 0 Å². The zero-order valence-electron chi connectivity index (χ0n) is 12.2. The van der Waals surface area contributed by atoms with E-state index < -0.39 is 0 Å². The zero-order valence-corrected chi connectivity index (χ0v) is 13.0. The molecule has 1 aromatic heterocycles. The predicted molar refractivity (Wildman–Crippen MR) is 83.1 cm³/mol. The van der Waals surface area contributed by atoms with Crippen LogP contribution in [0.1, 0.15) is 41.2 Å². The highest BCUT2D eigenvalue weighted by Gasteiger charge is 2.10. The minimum Gasteiger partial charge on any atom is -0.384 e. The lowest BCUT2D eigenvalue weighted by Crippen LogP contribution is -2.35. The standard InChI is InChI=1S/C15H20N2O3S/c1-3-11(2)17-14(19)8-9-16-15(20)13-7-6-12(21-13)5-4-10-18/h6-7,11,18H,3,8-10H2,1-2H3,(H,16,20)(H,17,19). The molecule has 1 aromatic rings. The summed E-state index contributed by atoms with van der Waals surface area (Å²) in [6.45, 7) is 4.04. The first-order chi connectivity index (χ1) is 10.1. The van der Waals surface area contributed by atoms with Crippen molar-refractivity contribution in [3.63, 3.8) is 0 Å². The van der Waals surface area contributed by atoms with Crippen LogP contribution in [0.15, 0.2) is 12.1 Å². The van der Waals surface area contributed by atoms with Crippen molar-refractivity contribution in [3.8, 4) is 11.8 Å². The normalized spacial score (nSPS) is 11.2. The molecule has 114 valence electrons. The fraction of sp³-hybridized carbons (Fsp3) is 0.467. The number of carbonyl (C=O) groups excluding carboxylic acids is 2. The van der Waals surface area contributed by atoms with Gasteiger partial charge in [-0.25, -0.2) is 0 Å². The van der Waals surface area contributed by atoms with Crippen LogP contribution in [0.4, 0.5) is 0 Å². The third-order valence-corrected chi connectivity index (χ3v) is 3.78. The van der Waals surface area contributed by atoms with Crippen LogP contribution < -0.4 is 10.6 Å². The summed E-state index contributed by atoms with van der Waals surface area (Å²) >= 11 is 1.26. The molecule has 0 radical (unpaired) electrons. The van der Waals surface area contributed by atoms with Gasteiger partial charge in [-0.2, -0.15) is 0 Å². The van der Waals surface area contributed by atoms with E-state index in [4.69, 9.17) is 5.11 Å². The van der Waals surface area contributed by atoms with Crippen LogP contribution in [-0.2, 0) is 4.79 Å². The molecule has 2 amide bonds. The molecular weight excluding hydrogens is 288 g/mol. The first kappa shape index (κ1) is 17.2. The molecule has 0 fully saturated rings. The summed E-state index contributed by atoms with van der Waals surface area (Å²) in [5, 5.41) is 14.2. The quantitative estimate of drug-likeness (QED) is 0.689. The lowest BCUT2D eigenvalue weighted by Gasteiger charge is -2.11. The Balaban J connectivity index is 2.37. The van der Waals surface area contributed by atoms with Crippen molar-refractivity contribution < 1.29 is 14.7 Å². The number of nitrogens with one attached hydrogen (secondary N) is 2. The summed E-state index contributed by atoms with van der Waals surface area (Å²) in [6.07, 6.45) is 1.14. The van der Waals surface area contributed by atoms with Crippen LogP contribution in [0, 0.1) is 11.8 Å². The number of thiophene rings is 1. The highest BCUT2D eigenvalue weighted by atomic mass is 32.1. The largest absolute Gasteiger partial charge is 0.384 e. The Kier molecular flexibility index (Phi) is 7.51. The van der Waals surface area contributed by atoms with E-state index in [1.165, 1.54) is 11.3 Å². The zero-order chi connectivity index (χ0) is 15.7. The summed E-state index contributed by atoms with van der Waals surface area (Å²) < 4.78 is 0. The van der Waals surface area contributed by atoms with Gasteiger partial charge >= 0.3 is 0 Å². The number of aliphatic hydroxyl groups is 1. The molecule has 1 atom stereocenters. The average molecular weight is 308 g/mol. The van der Waals surface area contributed by atoms with E-state index in [1.807, 2.05) is 13.8 Å². The van der Waals surface area contributed by atoms with Crippen LogP contribution >= 0.6 is 11.3 Å². The monoisotopic (exact) mass is 308 g/mol. The second-order valence-corrected chi connectivity index (χ2v) is 5.59. The molecule has 0 aliphatic rings. The van der Waals surface area contributed by atoms with Crippen molar-refractivity contribution >= 4 is 23.2 Å². The van der Waals surface area contributed by atoms with E-state index in [2.05, 4.69) is 22.5 Å². The predicted octanol–water partition coefficient (Wildman–Crippen LogP) is 1.13. The van der Waals surface area contributed by atoms with Gasteiger partial charge in [0, 0.05) is 19.0 Å². The van der Waals surface area contributed by atoms with E-state index >= 15 is 0 Å². The van der Waals surface area contributed by atoms with Gasteiger partial charge in [0.2, 0.25) is 5.91 Å². The Labute approximate surface area is 128 Å². The summed E-state index contributed by atoms with van der Waals surface area (Å²) in [5.41, 5.74) is 0. The summed E-state index contributed by atoms with van der Waals surface area (Å²) in [5.74, 6) is 5.00. The topological polar surface area (TPSA) is 78.4 Å². The van der Waals surface area contributed by atoms with Crippen LogP contribution in [0.3, 0.4) is 0 Å². The van der Waals surface area contributed by atoms with Gasteiger partial charge in [0.15, 0.2) is 0 Å². The number of hydrogen-bond donors (Lipinski definition) is 3.